The van der Waals surface area contributed by atoms with Crippen molar-refractivity contribution in [1.82, 2.24) is 9.88 Å². The Morgan fingerprint density at radius 1 is 1.37 bits per heavy atom. The Kier molecular flexibility index (Phi) is 4.41. The number of benzene rings is 1. The minimum absolute atomic E-state index is 0.788. The lowest BCUT2D eigenvalue weighted by Crippen LogP contribution is -2.36. The van der Waals surface area contributed by atoms with Crippen LogP contribution < -0.4 is 0 Å². The normalized spacial score (nSPS) is 21.0. The third kappa shape index (κ3) is 3.30. The number of likely N-dealkylation sites (tertiary alicyclic amines) is 1. The van der Waals surface area contributed by atoms with E-state index in [1.165, 1.54) is 47.0 Å². The molecule has 1 aliphatic heterocycles. The van der Waals surface area contributed by atoms with Crippen molar-refractivity contribution in [2.75, 3.05) is 19.3 Å². The molecule has 1 atom stereocenters. The molecule has 0 spiro atoms. The molecule has 19 heavy (non-hydrogen) atoms. The summed E-state index contributed by atoms with van der Waals surface area (Å²) in [6.45, 7) is 1.27. The Morgan fingerprint density at radius 3 is 3.11 bits per heavy atom. The average molecular weight is 292 g/mol. The lowest BCUT2D eigenvalue weighted by Gasteiger charge is -2.32. The number of para-hydroxylation sites is 1. The molecule has 1 unspecified atom stereocenters. The molecule has 2 aromatic rings. The van der Waals surface area contributed by atoms with E-state index >= 15 is 0 Å². The van der Waals surface area contributed by atoms with Crippen LogP contribution in [0.4, 0.5) is 0 Å². The number of aromatic nitrogens is 1. The SMILES string of the molecule is CN1CCCCC1CCSc1nc2ccccc2s1. The summed E-state index contributed by atoms with van der Waals surface area (Å²) in [4.78, 5) is 7.21. The smallest absolute Gasteiger partial charge is 0.151 e. The molecule has 0 radical (unpaired) electrons. The maximum Gasteiger partial charge on any atom is 0.151 e. The molecule has 102 valence electrons. The van der Waals surface area contributed by atoms with Gasteiger partial charge in [0, 0.05) is 11.8 Å². The van der Waals surface area contributed by atoms with E-state index in [-0.39, 0.29) is 0 Å². The number of thioether (sulfide) groups is 1. The van der Waals surface area contributed by atoms with Crippen molar-refractivity contribution in [3.63, 3.8) is 0 Å². The van der Waals surface area contributed by atoms with Gasteiger partial charge in [-0.1, -0.05) is 30.3 Å². The second-order valence-electron chi connectivity index (χ2n) is 5.21. The molecule has 0 amide bonds. The number of fused-ring (bicyclic) bond motifs is 1. The van der Waals surface area contributed by atoms with Gasteiger partial charge in [0.25, 0.3) is 0 Å². The first-order valence-corrected chi connectivity index (χ1v) is 8.82. The number of piperidine rings is 1. The van der Waals surface area contributed by atoms with Crippen LogP contribution in [0.3, 0.4) is 0 Å². The second-order valence-corrected chi connectivity index (χ2v) is 7.59. The molecule has 0 N–H and O–H groups in total. The molecule has 1 aromatic heterocycles. The Balaban J connectivity index is 1.54. The first kappa shape index (κ1) is 13.4. The molecular formula is C15H20N2S2. The Morgan fingerprint density at radius 2 is 2.26 bits per heavy atom. The first-order chi connectivity index (χ1) is 9.33. The summed E-state index contributed by atoms with van der Waals surface area (Å²) < 4.78 is 2.53. The van der Waals surface area contributed by atoms with E-state index < -0.39 is 0 Å². The largest absolute Gasteiger partial charge is 0.303 e. The fraction of sp³-hybridized carbons (Fsp3) is 0.533. The lowest BCUT2D eigenvalue weighted by molar-refractivity contribution is 0.182. The van der Waals surface area contributed by atoms with Gasteiger partial charge in [-0.05, 0) is 45.0 Å². The summed E-state index contributed by atoms with van der Waals surface area (Å²) in [6.07, 6.45) is 5.44. The third-order valence-electron chi connectivity index (χ3n) is 3.87. The maximum absolute atomic E-state index is 4.68. The zero-order valence-electron chi connectivity index (χ0n) is 11.3. The van der Waals surface area contributed by atoms with Crippen molar-refractivity contribution in [3.8, 4) is 0 Å². The summed E-state index contributed by atoms with van der Waals surface area (Å²) in [7, 11) is 2.27. The number of nitrogens with zero attached hydrogens (tertiary/aromatic N) is 2. The highest BCUT2D eigenvalue weighted by Gasteiger charge is 2.18. The average Bonchev–Trinajstić information content (AvgIpc) is 2.83. The van der Waals surface area contributed by atoms with Crippen LogP contribution in [0.15, 0.2) is 28.6 Å². The minimum atomic E-state index is 0.788. The molecule has 0 saturated carbocycles. The standard InChI is InChI=1S/C15H20N2S2/c1-17-10-5-4-6-12(17)9-11-18-15-16-13-7-2-3-8-14(13)19-15/h2-3,7-8,12H,4-6,9-11H2,1H3. The van der Waals surface area contributed by atoms with Crippen molar-refractivity contribution in [3.05, 3.63) is 24.3 Å². The van der Waals surface area contributed by atoms with Crippen molar-refractivity contribution >= 4 is 33.3 Å². The molecule has 1 saturated heterocycles. The number of hydrogen-bond acceptors (Lipinski definition) is 4. The monoisotopic (exact) mass is 292 g/mol. The topological polar surface area (TPSA) is 16.1 Å². The second kappa shape index (κ2) is 6.25. The van der Waals surface area contributed by atoms with E-state index in [0.29, 0.717) is 0 Å². The minimum Gasteiger partial charge on any atom is -0.303 e. The number of hydrogen-bond donors (Lipinski definition) is 0. The van der Waals surface area contributed by atoms with Crippen molar-refractivity contribution in [1.29, 1.82) is 0 Å². The van der Waals surface area contributed by atoms with E-state index in [4.69, 9.17) is 0 Å². The highest BCUT2D eigenvalue weighted by molar-refractivity contribution is 8.01. The predicted octanol–water partition coefficient (Wildman–Crippen LogP) is 4.26. The first-order valence-electron chi connectivity index (χ1n) is 7.01. The molecule has 4 heteroatoms. The molecule has 0 aliphatic carbocycles. The van der Waals surface area contributed by atoms with Gasteiger partial charge in [-0.15, -0.1) is 11.3 Å². The Bertz CT molecular complexity index is 505. The fourth-order valence-electron chi connectivity index (χ4n) is 2.70. The highest BCUT2D eigenvalue weighted by atomic mass is 32.2. The highest BCUT2D eigenvalue weighted by Crippen LogP contribution is 2.30. The lowest BCUT2D eigenvalue weighted by atomic mass is 10.0. The molecule has 2 heterocycles. The summed E-state index contributed by atoms with van der Waals surface area (Å²) in [5.74, 6) is 1.19. The fourth-order valence-corrected chi connectivity index (χ4v) is 4.88. The quantitative estimate of drug-likeness (QED) is 0.783. The van der Waals surface area contributed by atoms with E-state index in [2.05, 4.69) is 41.2 Å². The molecular weight excluding hydrogens is 272 g/mol. The van der Waals surface area contributed by atoms with E-state index in [1.807, 2.05) is 23.1 Å². The van der Waals surface area contributed by atoms with Gasteiger partial charge in [-0.3, -0.25) is 0 Å². The maximum atomic E-state index is 4.68. The van der Waals surface area contributed by atoms with Gasteiger partial charge in [-0.25, -0.2) is 4.98 Å². The Labute approximate surface area is 123 Å². The van der Waals surface area contributed by atoms with Crippen LogP contribution >= 0.6 is 23.1 Å². The summed E-state index contributed by atoms with van der Waals surface area (Å²) in [5, 5.41) is 0. The Hall–Kier alpha value is -0.580. The van der Waals surface area contributed by atoms with Gasteiger partial charge in [-0.2, -0.15) is 0 Å². The van der Waals surface area contributed by atoms with Crippen LogP contribution in [0, 0.1) is 0 Å². The van der Waals surface area contributed by atoms with Gasteiger partial charge in [0.2, 0.25) is 0 Å². The van der Waals surface area contributed by atoms with Gasteiger partial charge < -0.3 is 4.90 Å². The van der Waals surface area contributed by atoms with Gasteiger partial charge in [0.05, 0.1) is 10.2 Å². The van der Waals surface area contributed by atoms with Crippen LogP contribution in [-0.4, -0.2) is 35.3 Å². The molecule has 1 aliphatic rings. The zero-order chi connectivity index (χ0) is 13.1. The van der Waals surface area contributed by atoms with Gasteiger partial charge >= 0.3 is 0 Å². The molecule has 3 rings (SSSR count). The summed E-state index contributed by atoms with van der Waals surface area (Å²) in [6, 6.07) is 9.20. The van der Waals surface area contributed by atoms with Crippen LogP contribution in [0.25, 0.3) is 10.2 Å². The molecule has 1 fully saturated rings. The van der Waals surface area contributed by atoms with Gasteiger partial charge in [0.1, 0.15) is 0 Å². The summed E-state index contributed by atoms with van der Waals surface area (Å²) >= 11 is 3.75. The number of rotatable bonds is 4. The van der Waals surface area contributed by atoms with Crippen LogP contribution in [0.2, 0.25) is 0 Å². The summed E-state index contributed by atoms with van der Waals surface area (Å²) in [5.41, 5.74) is 1.14. The van der Waals surface area contributed by atoms with Crippen molar-refractivity contribution < 1.29 is 0 Å². The number of thiazole rings is 1. The van der Waals surface area contributed by atoms with Crippen molar-refractivity contribution in [2.24, 2.45) is 0 Å². The molecule has 0 bridgehead atoms. The zero-order valence-corrected chi connectivity index (χ0v) is 13.0. The third-order valence-corrected chi connectivity index (χ3v) is 6.09. The molecule has 1 aromatic carbocycles. The van der Waals surface area contributed by atoms with Crippen LogP contribution in [0.1, 0.15) is 25.7 Å². The van der Waals surface area contributed by atoms with E-state index in [9.17, 15) is 0 Å². The van der Waals surface area contributed by atoms with Crippen molar-refractivity contribution in [2.45, 2.75) is 36.1 Å². The van der Waals surface area contributed by atoms with E-state index in [1.54, 1.807) is 0 Å². The van der Waals surface area contributed by atoms with Crippen LogP contribution in [-0.2, 0) is 0 Å². The van der Waals surface area contributed by atoms with E-state index in [0.717, 1.165) is 11.6 Å². The van der Waals surface area contributed by atoms with Gasteiger partial charge in [0.15, 0.2) is 4.34 Å². The molecule has 2 nitrogen and oxygen atoms in total. The predicted molar refractivity (Wildman–Crippen MR) is 85.2 cm³/mol. The van der Waals surface area contributed by atoms with Crippen LogP contribution in [0.5, 0.6) is 0 Å².